The van der Waals surface area contributed by atoms with Crippen LogP contribution in [0.15, 0.2) is 13.3 Å². The molecule has 3 aromatic heterocycles. The molecule has 9 fully saturated rings. The smallest absolute Gasteiger partial charge is 0.418 e. The van der Waals surface area contributed by atoms with Gasteiger partial charge in [-0.05, 0) is 115 Å². The van der Waals surface area contributed by atoms with E-state index in [0.29, 0.717) is 89.5 Å². The van der Waals surface area contributed by atoms with Crippen molar-refractivity contribution >= 4 is 38.9 Å². The largest absolute Gasteiger partial charge is 0.724 e. The molecule has 9 aliphatic rings. The van der Waals surface area contributed by atoms with Gasteiger partial charge in [-0.15, -0.1) is 34.9 Å². The molecule has 3 aromatic rings. The molecule has 3 aliphatic carbocycles. The van der Waals surface area contributed by atoms with Crippen molar-refractivity contribution in [1.29, 1.82) is 0 Å². The number of hydrogen-bond donors (Lipinski definition) is 3. The summed E-state index contributed by atoms with van der Waals surface area (Å²) in [6.45, 7) is 20.5. The molecule has 12 rings (SSSR count). The number of urea groups is 3. The SMILES string of the molecule is CC1CC(c2nnc([C@@H]3CC[C@@H]4CN3C(=O)N4O)o2)C1.CC1CC(c2nnc([C@@H]3CC[C@@H]4CN3C(=O)N4OS(=O)(=O)[O-])o2)C1.CCCC[N+](CCCC)(CCCC)CCCC.NC1CC(c2nnc([C@@H]3CC[C@@H]4CN3C(=O)N4OS(=O)(=O)O)o2)C1. The van der Waals surface area contributed by atoms with Gasteiger partial charge in [-0.2, -0.15) is 22.8 Å². The van der Waals surface area contributed by atoms with Crippen LogP contribution in [0.4, 0.5) is 14.4 Å². The number of unbranched alkanes of at least 4 members (excludes halogenated alkanes) is 4. The first kappa shape index (κ1) is 64.3. The molecule has 9 heterocycles. The minimum Gasteiger partial charge on any atom is -0.724 e. The van der Waals surface area contributed by atoms with E-state index in [1.54, 1.807) is 4.90 Å². The molecule has 31 heteroatoms. The van der Waals surface area contributed by atoms with Crippen LogP contribution in [0.25, 0.3) is 0 Å². The second-order valence-corrected chi connectivity index (χ2v) is 27.1. The molecule has 0 unspecified atom stereocenters. The molecule has 3 saturated carbocycles. The Bertz CT molecular complexity index is 2780. The van der Waals surface area contributed by atoms with Crippen LogP contribution < -0.4 is 5.73 Å². The first-order valence-electron chi connectivity index (χ1n) is 30.9. The number of hydrogen-bond acceptors (Lipinski definition) is 21. The van der Waals surface area contributed by atoms with E-state index < -0.39 is 57.0 Å². The lowest BCUT2D eigenvalue weighted by Crippen LogP contribution is -2.50. The van der Waals surface area contributed by atoms with Gasteiger partial charge in [-0.1, -0.05) is 67.2 Å². The number of fused-ring (bicyclic) bond motifs is 6. The molecule has 29 nitrogen and oxygen atoms in total. The minimum absolute atomic E-state index is 0.0892. The zero-order valence-corrected chi connectivity index (χ0v) is 51.6. The Morgan fingerprint density at radius 1 is 0.529 bits per heavy atom. The van der Waals surface area contributed by atoms with Crippen LogP contribution in [0.2, 0.25) is 0 Å². The van der Waals surface area contributed by atoms with Crippen molar-refractivity contribution in [3.8, 4) is 0 Å². The van der Waals surface area contributed by atoms with E-state index in [1.807, 2.05) is 0 Å². The maximum absolute atomic E-state index is 12.3. The molecule has 4 N–H and O–H groups in total. The summed E-state index contributed by atoms with van der Waals surface area (Å²) in [5, 5.41) is 36.4. The second kappa shape index (κ2) is 27.5. The molecule has 0 spiro atoms. The van der Waals surface area contributed by atoms with Gasteiger partial charge in [0.1, 0.15) is 18.1 Å². The van der Waals surface area contributed by atoms with E-state index in [9.17, 15) is 41.0 Å². The number of aromatic nitrogens is 6. The number of nitrogens with zero attached hydrogens (tertiary/aromatic N) is 13. The summed E-state index contributed by atoms with van der Waals surface area (Å²) in [7, 11) is -9.75. The molecule has 6 bridgehead atoms. The number of rotatable bonds is 22. The van der Waals surface area contributed by atoms with Gasteiger partial charge in [-0.25, -0.2) is 27.9 Å². The molecule has 85 heavy (non-hydrogen) atoms. The van der Waals surface area contributed by atoms with Gasteiger partial charge in [0.2, 0.25) is 45.7 Å². The summed E-state index contributed by atoms with van der Waals surface area (Å²) < 4.78 is 90.3. The van der Waals surface area contributed by atoms with Crippen molar-refractivity contribution in [2.24, 2.45) is 17.6 Å². The van der Waals surface area contributed by atoms with Crippen LogP contribution in [0.3, 0.4) is 0 Å². The lowest BCUT2D eigenvalue weighted by atomic mass is 9.76. The molecule has 476 valence electrons. The van der Waals surface area contributed by atoms with Crippen LogP contribution in [-0.2, 0) is 29.4 Å². The van der Waals surface area contributed by atoms with E-state index in [2.05, 4.69) is 80.7 Å². The Labute approximate surface area is 498 Å². The maximum Gasteiger partial charge on any atom is 0.418 e. The third kappa shape index (κ3) is 15.2. The highest BCUT2D eigenvalue weighted by Gasteiger charge is 2.52. The third-order valence-corrected chi connectivity index (χ3v) is 19.2. The fourth-order valence-electron chi connectivity index (χ4n) is 13.4. The van der Waals surface area contributed by atoms with Gasteiger partial charge in [0.05, 0.1) is 44.3 Å². The standard InChI is InChI=1S/C16H36N.C13H18N4O6S.C13H18N4O3.C12H17N5O6S/c1-5-9-13-17(14-10-6-2,15-11-7-3)16-12-8-4;1-7-4-8(5-7)11-14-15-12(22-11)10-3-2-9-6-16(10)13(18)17(9)23-24(19,20)21;1-7-4-8(5-7)11-14-15-12(20-11)10-3-2-9-6-16(10)13(18)17(9)19;13-7-3-6(4-7)10-14-15-11(22-10)9-2-1-8-5-16(9)12(18)17(8)23-24(19,20)21/h5-16H2,1-4H3;7-10H,2-6H2,1H3,(H,19,20,21);7-10,19H,2-6H2,1H3;6-9H,1-5,13H2,(H,19,20,21)/q+1;;;/p-1/t;2*7?,8?,9-,10+;6?,7?,8-,9+/m.111/s1. The number of carbonyl (C=O) groups is 3. The molecular formula is C54H88N14O15S2. The molecule has 0 radical (unpaired) electrons. The second-order valence-electron chi connectivity index (χ2n) is 25.1. The number of carbonyl (C=O) groups excluding carboxylic acids is 3. The molecule has 6 atom stereocenters. The van der Waals surface area contributed by atoms with Crippen LogP contribution >= 0.6 is 0 Å². The highest BCUT2D eigenvalue weighted by molar-refractivity contribution is 7.81. The molecule has 6 amide bonds. The predicted molar refractivity (Wildman–Crippen MR) is 299 cm³/mol. The number of hydroxylamine groups is 6. The van der Waals surface area contributed by atoms with Crippen molar-refractivity contribution in [3.63, 3.8) is 0 Å². The van der Waals surface area contributed by atoms with Gasteiger partial charge in [-0.3, -0.25) is 9.76 Å². The number of piperidine rings is 3. The highest BCUT2D eigenvalue weighted by Crippen LogP contribution is 2.45. The topological polar surface area (TPSA) is 364 Å². The Kier molecular flexibility index (Phi) is 20.8. The van der Waals surface area contributed by atoms with Crippen molar-refractivity contribution in [3.05, 3.63) is 35.3 Å². The van der Waals surface area contributed by atoms with Gasteiger partial charge in [0, 0.05) is 43.4 Å². The van der Waals surface area contributed by atoms with E-state index in [4.69, 9.17) is 23.5 Å². The Morgan fingerprint density at radius 2 is 0.859 bits per heavy atom. The fraction of sp³-hybridized carbons (Fsp3) is 0.833. The maximum atomic E-state index is 12.3. The minimum atomic E-state index is -4.99. The fourth-order valence-corrected chi connectivity index (χ4v) is 14.2. The molecule has 6 saturated heterocycles. The Balaban J connectivity index is 0.000000137. The highest BCUT2D eigenvalue weighted by atomic mass is 32.3. The van der Waals surface area contributed by atoms with Gasteiger partial charge >= 0.3 is 28.5 Å². The Morgan fingerprint density at radius 3 is 1.20 bits per heavy atom. The quantitative estimate of drug-likeness (QED) is 0.0374. The summed E-state index contributed by atoms with van der Waals surface area (Å²) in [5.41, 5.74) is 5.76. The lowest BCUT2D eigenvalue weighted by Gasteiger charge is -2.39. The first-order chi connectivity index (χ1) is 40.5. The normalized spacial score (nSPS) is 29.6. The zero-order chi connectivity index (χ0) is 61.0. The van der Waals surface area contributed by atoms with Gasteiger partial charge in [0.15, 0.2) is 0 Å². The first-order valence-corrected chi connectivity index (χ1v) is 33.6. The number of nitrogens with two attached hydrogens (primary N) is 1. The van der Waals surface area contributed by atoms with Crippen molar-refractivity contribution < 1.29 is 71.8 Å². The lowest BCUT2D eigenvalue weighted by molar-refractivity contribution is -0.929. The third-order valence-electron chi connectivity index (χ3n) is 18.5. The molecular weight excluding hydrogens is 1150 g/mol. The van der Waals surface area contributed by atoms with E-state index in [-0.39, 0.29) is 49.1 Å². The number of quaternary nitrogens is 1. The van der Waals surface area contributed by atoms with Crippen LogP contribution in [0.5, 0.6) is 0 Å². The monoisotopic (exact) mass is 1240 g/mol. The van der Waals surface area contributed by atoms with Crippen LogP contribution in [0, 0.1) is 11.8 Å². The summed E-state index contributed by atoms with van der Waals surface area (Å²) in [6, 6.07) is -3.54. The average molecular weight is 1240 g/mol. The van der Waals surface area contributed by atoms with E-state index in [1.165, 1.54) is 91.8 Å². The van der Waals surface area contributed by atoms with Crippen molar-refractivity contribution in [2.45, 2.75) is 230 Å². The predicted octanol–water partition coefficient (Wildman–Crippen LogP) is 7.78. The van der Waals surface area contributed by atoms with Gasteiger partial charge in [0.25, 0.3) is 0 Å². The van der Waals surface area contributed by atoms with Crippen LogP contribution in [-0.4, -0.2) is 184 Å². The summed E-state index contributed by atoms with van der Waals surface area (Å²) in [4.78, 5) is 41.1. The number of amides is 6. The van der Waals surface area contributed by atoms with E-state index in [0.717, 1.165) is 62.3 Å². The van der Waals surface area contributed by atoms with Gasteiger partial charge < -0.3 is 42.7 Å². The summed E-state index contributed by atoms with van der Waals surface area (Å²) >= 11 is 0. The van der Waals surface area contributed by atoms with Crippen LogP contribution in [0.1, 0.15) is 241 Å². The van der Waals surface area contributed by atoms with Crippen molar-refractivity contribution in [1.82, 2.24) is 60.5 Å². The van der Waals surface area contributed by atoms with E-state index >= 15 is 0 Å². The summed E-state index contributed by atoms with van der Waals surface area (Å²) in [5.74, 6) is 5.20. The average Bonchev–Trinajstić information content (AvgIpc) is 2.64. The Hall–Kier alpha value is -5.15. The zero-order valence-electron chi connectivity index (χ0n) is 49.9. The summed E-state index contributed by atoms with van der Waals surface area (Å²) in [6.07, 6.45) is 20.5. The van der Waals surface area contributed by atoms with Crippen molar-refractivity contribution in [2.75, 3.05) is 45.8 Å². The molecule has 6 aliphatic heterocycles. The molecule has 0 aromatic carbocycles.